The maximum Gasteiger partial charge on any atom is 0.354 e. The second-order valence-electron chi connectivity index (χ2n) is 2.85. The molecule has 82 valence electrons. The molecule has 0 aromatic rings. The Morgan fingerprint density at radius 2 is 2.14 bits per heavy atom. The smallest absolute Gasteiger partial charge is 0.323 e. The highest BCUT2D eigenvalue weighted by Crippen LogP contribution is 2.46. The van der Waals surface area contributed by atoms with E-state index in [1.54, 1.807) is 20.8 Å². The van der Waals surface area contributed by atoms with Crippen molar-refractivity contribution in [2.24, 2.45) is 5.92 Å². The Kier molecular flexibility index (Phi) is 6.45. The van der Waals surface area contributed by atoms with Gasteiger partial charge in [0.15, 0.2) is 6.10 Å². The fourth-order valence-corrected chi connectivity index (χ4v) is 1.83. The maximum absolute atomic E-state index is 9.40. The van der Waals surface area contributed by atoms with E-state index < -0.39 is 12.8 Å². The first-order valence-electron chi connectivity index (χ1n) is 4.15. The molecule has 2 unspecified atom stereocenters. The lowest BCUT2D eigenvalue weighted by atomic mass is 10.1. The summed E-state index contributed by atoms with van der Waals surface area (Å²) in [6.07, 6.45) is -0.786. The van der Waals surface area contributed by atoms with E-state index in [2.05, 4.69) is 21.4 Å². The Morgan fingerprint density at radius 1 is 1.57 bits per heavy atom. The molecule has 0 rings (SSSR count). The van der Waals surface area contributed by atoms with Crippen molar-refractivity contribution in [3.05, 3.63) is 0 Å². The zero-order valence-corrected chi connectivity index (χ0v) is 10.0. The van der Waals surface area contributed by atoms with Crippen LogP contribution in [0.4, 0.5) is 0 Å². The van der Waals surface area contributed by atoms with Gasteiger partial charge in [-0.15, -0.1) is 4.67 Å². The molecule has 14 heavy (non-hydrogen) atoms. The average Bonchev–Trinajstić information content (AvgIpc) is 2.10. The standard InChI is InChI=1S/C7H14NO4PS/c1-4-10-12-13(9,14)11-7(5-8)6(2)3/h6-7H,4H2,1-3H3,(H,9,14). The summed E-state index contributed by atoms with van der Waals surface area (Å²) in [6.45, 7) is 2.05. The van der Waals surface area contributed by atoms with Gasteiger partial charge in [-0.05, 0) is 24.6 Å². The monoisotopic (exact) mass is 239 g/mol. The van der Waals surface area contributed by atoms with Crippen LogP contribution in [0.1, 0.15) is 20.8 Å². The number of nitriles is 1. The fraction of sp³-hybridized carbons (Fsp3) is 0.857. The van der Waals surface area contributed by atoms with E-state index in [9.17, 15) is 4.89 Å². The van der Waals surface area contributed by atoms with Crippen molar-refractivity contribution >= 4 is 18.5 Å². The summed E-state index contributed by atoms with van der Waals surface area (Å²) in [5, 5.41) is 8.67. The van der Waals surface area contributed by atoms with Crippen molar-refractivity contribution in [3.8, 4) is 6.07 Å². The minimum absolute atomic E-state index is 0.0697. The van der Waals surface area contributed by atoms with Gasteiger partial charge in [-0.25, -0.2) is 4.89 Å². The van der Waals surface area contributed by atoms with Gasteiger partial charge in [0.2, 0.25) is 0 Å². The van der Waals surface area contributed by atoms with Gasteiger partial charge in [-0.3, -0.25) is 4.52 Å². The summed E-state index contributed by atoms with van der Waals surface area (Å²) in [7, 11) is 0. The highest BCUT2D eigenvalue weighted by molar-refractivity contribution is 8.07. The first-order chi connectivity index (χ1) is 6.43. The van der Waals surface area contributed by atoms with Crippen LogP contribution in [0.25, 0.3) is 0 Å². The minimum atomic E-state index is -3.45. The molecule has 0 saturated carbocycles. The van der Waals surface area contributed by atoms with Crippen molar-refractivity contribution in [2.75, 3.05) is 6.61 Å². The molecule has 0 aliphatic heterocycles. The Morgan fingerprint density at radius 3 is 2.50 bits per heavy atom. The van der Waals surface area contributed by atoms with Gasteiger partial charge in [0.1, 0.15) is 0 Å². The van der Waals surface area contributed by atoms with E-state index in [-0.39, 0.29) is 12.5 Å². The fourth-order valence-electron chi connectivity index (χ4n) is 0.575. The molecule has 0 amide bonds. The predicted molar refractivity (Wildman–Crippen MR) is 54.5 cm³/mol. The van der Waals surface area contributed by atoms with Gasteiger partial charge >= 0.3 is 6.72 Å². The van der Waals surface area contributed by atoms with Gasteiger partial charge in [0.05, 0.1) is 12.7 Å². The Bertz CT molecular complexity index is 253. The lowest BCUT2D eigenvalue weighted by Gasteiger charge is -2.19. The van der Waals surface area contributed by atoms with Crippen molar-refractivity contribution in [2.45, 2.75) is 26.9 Å². The molecule has 0 aromatic carbocycles. The Hall–Kier alpha value is -0.0200. The highest BCUT2D eigenvalue weighted by atomic mass is 32.5. The molecular formula is C7H14NO4PS. The molecule has 5 nitrogen and oxygen atoms in total. The second kappa shape index (κ2) is 6.46. The van der Waals surface area contributed by atoms with Crippen molar-refractivity contribution in [3.63, 3.8) is 0 Å². The number of hydrogen-bond acceptors (Lipinski definition) is 5. The second-order valence-corrected chi connectivity index (χ2v) is 5.53. The molecule has 0 aliphatic carbocycles. The van der Waals surface area contributed by atoms with Crippen molar-refractivity contribution in [1.82, 2.24) is 0 Å². The van der Waals surface area contributed by atoms with Crippen LogP contribution in [0.3, 0.4) is 0 Å². The lowest BCUT2D eigenvalue weighted by molar-refractivity contribution is -0.213. The SMILES string of the molecule is CCOOP(O)(=S)OC(C#N)C(C)C. The summed E-state index contributed by atoms with van der Waals surface area (Å²) >= 11 is 4.62. The predicted octanol–water partition coefficient (Wildman–Crippen LogP) is 1.74. The summed E-state index contributed by atoms with van der Waals surface area (Å²) in [5.41, 5.74) is 0. The van der Waals surface area contributed by atoms with Crippen LogP contribution in [0.5, 0.6) is 0 Å². The maximum atomic E-state index is 9.40. The molecule has 0 saturated heterocycles. The normalized spacial score (nSPS) is 17.4. The van der Waals surface area contributed by atoms with Crippen LogP contribution in [-0.2, 0) is 25.9 Å². The zero-order valence-electron chi connectivity index (χ0n) is 8.34. The van der Waals surface area contributed by atoms with E-state index in [0.717, 1.165) is 0 Å². The largest absolute Gasteiger partial charge is 0.354 e. The molecule has 0 spiro atoms. The van der Waals surface area contributed by atoms with E-state index in [1.807, 2.05) is 6.07 Å². The first-order valence-corrected chi connectivity index (χ1v) is 6.74. The van der Waals surface area contributed by atoms with Gasteiger partial charge in [0, 0.05) is 0 Å². The van der Waals surface area contributed by atoms with Gasteiger partial charge in [-0.2, -0.15) is 5.26 Å². The lowest BCUT2D eigenvalue weighted by Crippen LogP contribution is -2.16. The third kappa shape index (κ3) is 5.66. The van der Waals surface area contributed by atoms with E-state index in [1.165, 1.54) is 0 Å². The summed E-state index contributed by atoms with van der Waals surface area (Å²) in [6, 6.07) is 1.88. The summed E-state index contributed by atoms with van der Waals surface area (Å²) in [5.74, 6) is -0.0697. The van der Waals surface area contributed by atoms with Crippen molar-refractivity contribution < 1.29 is 19.0 Å². The summed E-state index contributed by atoms with van der Waals surface area (Å²) in [4.78, 5) is 13.9. The third-order valence-corrected chi connectivity index (χ3v) is 2.47. The van der Waals surface area contributed by atoms with Crippen LogP contribution in [0, 0.1) is 17.2 Å². The molecule has 0 aromatic heterocycles. The van der Waals surface area contributed by atoms with Crippen LogP contribution >= 0.6 is 6.72 Å². The molecule has 2 atom stereocenters. The van der Waals surface area contributed by atoms with Crippen LogP contribution in [-0.4, -0.2) is 17.6 Å². The number of hydrogen-bond donors (Lipinski definition) is 1. The topological polar surface area (TPSA) is 71.7 Å². The van der Waals surface area contributed by atoms with Crippen LogP contribution in [0.2, 0.25) is 0 Å². The molecule has 0 radical (unpaired) electrons. The quantitative estimate of drug-likeness (QED) is 0.432. The Balaban J connectivity index is 4.20. The van der Waals surface area contributed by atoms with Crippen LogP contribution in [0.15, 0.2) is 0 Å². The molecule has 1 N–H and O–H groups in total. The van der Waals surface area contributed by atoms with Crippen LogP contribution < -0.4 is 0 Å². The first kappa shape index (κ1) is 14.0. The van der Waals surface area contributed by atoms with E-state index in [0.29, 0.717) is 0 Å². The average molecular weight is 239 g/mol. The molecule has 0 fully saturated rings. The van der Waals surface area contributed by atoms with Gasteiger partial charge in [-0.1, -0.05) is 13.8 Å². The van der Waals surface area contributed by atoms with Gasteiger partial charge in [0.25, 0.3) is 0 Å². The summed E-state index contributed by atoms with van der Waals surface area (Å²) < 4.78 is 9.39. The molecule has 7 heteroatoms. The van der Waals surface area contributed by atoms with Crippen molar-refractivity contribution in [1.29, 1.82) is 5.26 Å². The number of nitrogens with zero attached hydrogens (tertiary/aromatic N) is 1. The highest BCUT2D eigenvalue weighted by Gasteiger charge is 2.25. The molecule has 0 heterocycles. The number of rotatable bonds is 6. The molecular weight excluding hydrogens is 225 g/mol. The van der Waals surface area contributed by atoms with Gasteiger partial charge < -0.3 is 4.89 Å². The van der Waals surface area contributed by atoms with E-state index in [4.69, 9.17) is 9.79 Å². The molecule has 0 bridgehead atoms. The zero-order chi connectivity index (χ0) is 11.2. The Labute approximate surface area is 88.8 Å². The van der Waals surface area contributed by atoms with E-state index >= 15 is 0 Å². The third-order valence-electron chi connectivity index (χ3n) is 1.24. The minimum Gasteiger partial charge on any atom is -0.323 e. The molecule has 0 aliphatic rings.